The average Bonchev–Trinajstić information content (AvgIpc) is 3.36. The van der Waals surface area contributed by atoms with Gasteiger partial charge in [0.15, 0.2) is 6.39 Å². The minimum Gasteiger partial charge on any atom is -0.451 e. The molecule has 0 radical (unpaired) electrons. The molecule has 0 saturated heterocycles. The van der Waals surface area contributed by atoms with Crippen LogP contribution in [0.25, 0.3) is 28.0 Å². The summed E-state index contributed by atoms with van der Waals surface area (Å²) in [6, 6.07) is 13.8. The second-order valence-electron chi connectivity index (χ2n) is 7.34. The van der Waals surface area contributed by atoms with E-state index in [1.165, 1.54) is 21.7 Å². The molecule has 4 heterocycles. The average molecular weight is 414 g/mol. The molecule has 9 nitrogen and oxygen atoms in total. The molecule has 9 heteroatoms. The number of nitrogens with zero attached hydrogens (tertiary/aromatic N) is 5. The van der Waals surface area contributed by atoms with E-state index in [1.54, 1.807) is 0 Å². The maximum absolute atomic E-state index is 13.1. The quantitative estimate of drug-likeness (QED) is 0.482. The van der Waals surface area contributed by atoms with Gasteiger partial charge in [0.2, 0.25) is 5.65 Å². The van der Waals surface area contributed by atoms with E-state index in [1.807, 2.05) is 56.3 Å². The monoisotopic (exact) mass is 414 g/mol. The lowest BCUT2D eigenvalue weighted by Gasteiger charge is -2.10. The number of fused-ring (bicyclic) bond motifs is 1. The molecule has 154 valence electrons. The van der Waals surface area contributed by atoms with Crippen molar-refractivity contribution in [1.82, 2.24) is 24.1 Å². The lowest BCUT2D eigenvalue weighted by atomic mass is 9.99. The van der Waals surface area contributed by atoms with E-state index in [0.29, 0.717) is 11.3 Å². The number of oxazole rings is 1. The molecule has 0 aliphatic carbocycles. The highest BCUT2D eigenvalue weighted by molar-refractivity contribution is 5.88. The summed E-state index contributed by atoms with van der Waals surface area (Å²) in [6.45, 7) is 4.05. The molecule has 3 N–H and O–H groups in total. The molecule has 1 aromatic carbocycles. The Kier molecular flexibility index (Phi) is 4.36. The van der Waals surface area contributed by atoms with Crippen molar-refractivity contribution in [2.75, 3.05) is 5.73 Å². The van der Waals surface area contributed by atoms with Gasteiger partial charge in [-0.1, -0.05) is 30.3 Å². The van der Waals surface area contributed by atoms with Crippen LogP contribution in [0.2, 0.25) is 0 Å². The molecule has 0 amide bonds. The SMILES string of the molecule is Cc1cc(-c2c(-c3ccccc3)[nH+]c(N)n3c(=O)n(Cc4cocn4)nc23)cc(C)n1. The molecule has 0 fully saturated rings. The minimum absolute atomic E-state index is 0.172. The summed E-state index contributed by atoms with van der Waals surface area (Å²) in [6.07, 6.45) is 2.80. The van der Waals surface area contributed by atoms with E-state index in [4.69, 9.17) is 10.2 Å². The molecule has 0 atom stereocenters. The number of hydrogen-bond donors (Lipinski definition) is 1. The Hall–Kier alpha value is -4.27. The number of aromatic amines is 1. The van der Waals surface area contributed by atoms with Crippen molar-refractivity contribution in [3.05, 3.63) is 82.7 Å². The predicted octanol–water partition coefficient (Wildman–Crippen LogP) is 2.27. The normalized spacial score (nSPS) is 11.3. The van der Waals surface area contributed by atoms with E-state index in [2.05, 4.69) is 20.1 Å². The largest absolute Gasteiger partial charge is 0.451 e. The van der Waals surface area contributed by atoms with Crippen LogP contribution < -0.4 is 16.4 Å². The number of hydrogen-bond acceptors (Lipinski definition) is 6. The molecule has 0 spiro atoms. The van der Waals surface area contributed by atoms with Gasteiger partial charge in [-0.3, -0.25) is 10.7 Å². The highest BCUT2D eigenvalue weighted by Crippen LogP contribution is 2.32. The number of nitrogens with one attached hydrogen (secondary N) is 1. The van der Waals surface area contributed by atoms with Crippen molar-refractivity contribution >= 4 is 11.6 Å². The van der Waals surface area contributed by atoms with Gasteiger partial charge in [0.05, 0.1) is 12.1 Å². The summed E-state index contributed by atoms with van der Waals surface area (Å²) in [7, 11) is 0. The molecule has 0 unspecified atom stereocenters. The van der Waals surface area contributed by atoms with Crippen molar-refractivity contribution in [2.24, 2.45) is 0 Å². The van der Waals surface area contributed by atoms with Crippen molar-refractivity contribution in [1.29, 1.82) is 0 Å². The Bertz CT molecular complexity index is 1430. The minimum atomic E-state index is -0.366. The van der Waals surface area contributed by atoms with Gasteiger partial charge in [-0.25, -0.2) is 14.8 Å². The van der Waals surface area contributed by atoms with Crippen LogP contribution in [0, 0.1) is 13.8 Å². The highest BCUT2D eigenvalue weighted by atomic mass is 16.3. The summed E-state index contributed by atoms with van der Waals surface area (Å²) in [5, 5.41) is 4.63. The van der Waals surface area contributed by atoms with E-state index in [-0.39, 0.29) is 18.2 Å². The standard InChI is InChI=1S/C22H19N7O2/c1-13-8-16(9-14(2)25-13)18-19(15-6-4-3-5-7-15)26-21(23)29-20(18)27-28(22(29)30)10-17-11-31-12-24-17/h3-9,11-12H,10H2,1-2H3,(H2,23,26)/p+1. The summed E-state index contributed by atoms with van der Waals surface area (Å²) in [5.74, 6) is 0.191. The number of aryl methyl sites for hydroxylation is 2. The van der Waals surface area contributed by atoms with Gasteiger partial charge in [0, 0.05) is 17.0 Å². The van der Waals surface area contributed by atoms with Crippen LogP contribution in [0.15, 0.2) is 64.3 Å². The summed E-state index contributed by atoms with van der Waals surface area (Å²) < 4.78 is 7.73. The van der Waals surface area contributed by atoms with Crippen molar-refractivity contribution in [3.63, 3.8) is 0 Å². The second kappa shape index (κ2) is 7.21. The number of anilines is 1. The Morgan fingerprint density at radius 2 is 1.84 bits per heavy atom. The van der Waals surface area contributed by atoms with Crippen LogP contribution in [0.5, 0.6) is 0 Å². The van der Waals surface area contributed by atoms with E-state index >= 15 is 0 Å². The van der Waals surface area contributed by atoms with Gasteiger partial charge < -0.3 is 4.42 Å². The van der Waals surface area contributed by atoms with Gasteiger partial charge in [-0.05, 0) is 31.5 Å². The molecule has 5 rings (SSSR count). The fourth-order valence-corrected chi connectivity index (χ4v) is 3.79. The predicted molar refractivity (Wildman–Crippen MR) is 114 cm³/mol. The number of nitrogen functional groups attached to an aromatic ring is 1. The summed E-state index contributed by atoms with van der Waals surface area (Å²) in [4.78, 5) is 24.9. The van der Waals surface area contributed by atoms with Crippen molar-refractivity contribution in [2.45, 2.75) is 20.4 Å². The Morgan fingerprint density at radius 3 is 2.52 bits per heavy atom. The van der Waals surface area contributed by atoms with Crippen LogP contribution in [-0.4, -0.2) is 24.1 Å². The zero-order valence-electron chi connectivity index (χ0n) is 17.0. The Balaban J connectivity index is 1.85. The van der Waals surface area contributed by atoms with Crippen LogP contribution in [0.3, 0.4) is 0 Å². The smallest absolute Gasteiger partial charge is 0.411 e. The van der Waals surface area contributed by atoms with E-state index < -0.39 is 0 Å². The molecular formula is C22H20N7O2+. The van der Waals surface area contributed by atoms with Gasteiger partial charge in [-0.15, -0.1) is 9.50 Å². The van der Waals surface area contributed by atoms with E-state index in [9.17, 15) is 4.79 Å². The third-order valence-corrected chi connectivity index (χ3v) is 5.03. The fraction of sp³-hybridized carbons (Fsp3) is 0.136. The lowest BCUT2D eigenvalue weighted by molar-refractivity contribution is -0.351. The number of aromatic nitrogens is 6. The molecule has 0 aliphatic rings. The molecule has 5 aromatic rings. The van der Waals surface area contributed by atoms with Gasteiger partial charge in [0.1, 0.15) is 17.7 Å². The summed E-state index contributed by atoms with van der Waals surface area (Å²) in [5.41, 5.74) is 12.1. The molecule has 0 saturated carbocycles. The number of rotatable bonds is 4. The topological polar surface area (TPSA) is 118 Å². The van der Waals surface area contributed by atoms with E-state index in [0.717, 1.165) is 33.8 Å². The second-order valence-corrected chi connectivity index (χ2v) is 7.34. The lowest BCUT2D eigenvalue weighted by Crippen LogP contribution is -2.28. The van der Waals surface area contributed by atoms with Gasteiger partial charge in [0.25, 0.3) is 0 Å². The molecule has 31 heavy (non-hydrogen) atoms. The van der Waals surface area contributed by atoms with Crippen LogP contribution >= 0.6 is 0 Å². The Morgan fingerprint density at radius 1 is 1.10 bits per heavy atom. The van der Waals surface area contributed by atoms with Crippen LogP contribution in [-0.2, 0) is 6.54 Å². The zero-order chi connectivity index (χ0) is 21.5. The number of benzene rings is 1. The maximum atomic E-state index is 13.1. The van der Waals surface area contributed by atoms with Gasteiger partial charge in [-0.2, -0.15) is 4.68 Å². The first-order valence-corrected chi connectivity index (χ1v) is 9.74. The van der Waals surface area contributed by atoms with Gasteiger partial charge >= 0.3 is 11.6 Å². The summed E-state index contributed by atoms with van der Waals surface area (Å²) >= 11 is 0. The molecule has 0 bridgehead atoms. The fourth-order valence-electron chi connectivity index (χ4n) is 3.79. The molecule has 0 aliphatic heterocycles. The zero-order valence-corrected chi connectivity index (χ0v) is 17.0. The van der Waals surface area contributed by atoms with Crippen molar-refractivity contribution in [3.8, 4) is 22.4 Å². The number of H-pyrrole nitrogens is 1. The first-order chi connectivity index (χ1) is 15.0. The third kappa shape index (κ3) is 3.25. The first-order valence-electron chi connectivity index (χ1n) is 9.74. The first kappa shape index (κ1) is 18.7. The Labute approximate surface area is 176 Å². The number of nitrogens with two attached hydrogens (primary N) is 1. The molecule has 4 aromatic heterocycles. The highest BCUT2D eigenvalue weighted by Gasteiger charge is 2.26. The molecular weight excluding hydrogens is 394 g/mol. The number of pyridine rings is 1. The maximum Gasteiger partial charge on any atom is 0.411 e. The van der Waals surface area contributed by atoms with Crippen LogP contribution in [0.4, 0.5) is 5.95 Å². The van der Waals surface area contributed by atoms with Crippen LogP contribution in [0.1, 0.15) is 17.1 Å². The van der Waals surface area contributed by atoms with Crippen molar-refractivity contribution < 1.29 is 9.40 Å². The third-order valence-electron chi connectivity index (χ3n) is 5.03.